The van der Waals surface area contributed by atoms with E-state index in [-0.39, 0.29) is 5.76 Å². The van der Waals surface area contributed by atoms with E-state index in [9.17, 15) is 9.59 Å². The first-order valence-corrected chi connectivity index (χ1v) is 9.37. The smallest absolute Gasteiger partial charge is 0.338 e. The number of esters is 1. The van der Waals surface area contributed by atoms with Crippen LogP contribution in [0.25, 0.3) is 11.3 Å². The maximum atomic E-state index is 12.4. The number of hydrogen-bond acceptors (Lipinski definition) is 4. The van der Waals surface area contributed by atoms with Gasteiger partial charge in [0.25, 0.3) is 5.91 Å². The van der Waals surface area contributed by atoms with Crippen molar-refractivity contribution < 1.29 is 18.7 Å². The average molecular weight is 418 g/mol. The maximum absolute atomic E-state index is 12.4. The molecule has 2 aromatic carbocycles. The summed E-state index contributed by atoms with van der Waals surface area (Å²) in [5.74, 6) is -0.261. The summed E-state index contributed by atoms with van der Waals surface area (Å²) in [5.41, 5.74) is 1.54. The zero-order chi connectivity index (χ0) is 20.1. The third-order valence-electron chi connectivity index (χ3n) is 3.84. The molecule has 1 N–H and O–H groups in total. The van der Waals surface area contributed by atoms with Crippen molar-refractivity contribution in [3.8, 4) is 11.3 Å². The summed E-state index contributed by atoms with van der Waals surface area (Å²) in [6.07, 6.45) is 0.755. The summed E-state index contributed by atoms with van der Waals surface area (Å²) in [6, 6.07) is 14.6. The second-order valence-electron chi connectivity index (χ2n) is 5.96. The van der Waals surface area contributed by atoms with Crippen LogP contribution in [0.1, 0.15) is 34.3 Å². The van der Waals surface area contributed by atoms with E-state index in [1.807, 2.05) is 6.92 Å². The van der Waals surface area contributed by atoms with Crippen molar-refractivity contribution in [1.29, 1.82) is 0 Å². The Bertz CT molecular complexity index is 996. The lowest BCUT2D eigenvalue weighted by atomic mass is 10.2. The molecule has 0 fully saturated rings. The van der Waals surface area contributed by atoms with Gasteiger partial charge in [-0.3, -0.25) is 4.79 Å². The Balaban J connectivity index is 1.69. The van der Waals surface area contributed by atoms with Gasteiger partial charge in [0.15, 0.2) is 5.76 Å². The molecule has 0 saturated carbocycles. The van der Waals surface area contributed by atoms with Gasteiger partial charge in [-0.2, -0.15) is 0 Å². The number of rotatable bonds is 6. The van der Waals surface area contributed by atoms with Crippen LogP contribution >= 0.6 is 23.2 Å². The second kappa shape index (κ2) is 8.95. The molecule has 0 aliphatic heterocycles. The third-order valence-corrected chi connectivity index (χ3v) is 4.40. The van der Waals surface area contributed by atoms with Crippen molar-refractivity contribution in [2.45, 2.75) is 13.3 Å². The van der Waals surface area contributed by atoms with Gasteiger partial charge < -0.3 is 14.5 Å². The van der Waals surface area contributed by atoms with Crippen molar-refractivity contribution in [2.24, 2.45) is 0 Å². The minimum atomic E-state index is -0.425. The van der Waals surface area contributed by atoms with Crippen LogP contribution in [0.2, 0.25) is 10.0 Å². The molecule has 3 rings (SSSR count). The molecule has 1 aromatic heterocycles. The molecule has 0 saturated heterocycles. The molecule has 1 heterocycles. The molecular weight excluding hydrogens is 401 g/mol. The molecule has 0 bridgehead atoms. The normalized spacial score (nSPS) is 10.5. The van der Waals surface area contributed by atoms with E-state index < -0.39 is 11.9 Å². The van der Waals surface area contributed by atoms with Crippen molar-refractivity contribution in [2.75, 3.05) is 11.9 Å². The minimum Gasteiger partial charge on any atom is -0.462 e. The summed E-state index contributed by atoms with van der Waals surface area (Å²) in [7, 11) is 0. The van der Waals surface area contributed by atoms with Gasteiger partial charge in [0.1, 0.15) is 5.76 Å². The highest BCUT2D eigenvalue weighted by Gasteiger charge is 2.15. The Hall–Kier alpha value is -2.76. The number of furan rings is 1. The maximum Gasteiger partial charge on any atom is 0.338 e. The third kappa shape index (κ3) is 4.74. The first kappa shape index (κ1) is 20.0. The van der Waals surface area contributed by atoms with Gasteiger partial charge in [0.05, 0.1) is 17.2 Å². The van der Waals surface area contributed by atoms with Crippen molar-refractivity contribution in [3.05, 3.63) is 76.0 Å². The fourth-order valence-corrected chi connectivity index (χ4v) is 2.83. The number of carbonyl (C=O) groups is 2. The lowest BCUT2D eigenvalue weighted by Crippen LogP contribution is -2.11. The fraction of sp³-hybridized carbons (Fsp3) is 0.143. The van der Waals surface area contributed by atoms with Crippen LogP contribution in [-0.4, -0.2) is 18.5 Å². The van der Waals surface area contributed by atoms with Crippen LogP contribution in [0, 0.1) is 0 Å². The molecule has 0 aliphatic rings. The highest BCUT2D eigenvalue weighted by molar-refractivity contribution is 6.35. The Kier molecular flexibility index (Phi) is 6.39. The molecule has 0 atom stereocenters. The molecule has 0 spiro atoms. The molecular formula is C21H17Cl2NO4. The van der Waals surface area contributed by atoms with Crippen LogP contribution in [0.3, 0.4) is 0 Å². The summed E-state index contributed by atoms with van der Waals surface area (Å²) in [6.45, 7) is 2.29. The zero-order valence-electron chi connectivity index (χ0n) is 15.0. The highest BCUT2D eigenvalue weighted by atomic mass is 35.5. The van der Waals surface area contributed by atoms with Crippen LogP contribution in [-0.2, 0) is 4.74 Å². The van der Waals surface area contributed by atoms with Crippen molar-refractivity contribution in [1.82, 2.24) is 0 Å². The van der Waals surface area contributed by atoms with Crippen LogP contribution in [0.5, 0.6) is 0 Å². The van der Waals surface area contributed by atoms with Crippen molar-refractivity contribution in [3.63, 3.8) is 0 Å². The van der Waals surface area contributed by atoms with E-state index >= 15 is 0 Å². The molecule has 144 valence electrons. The Morgan fingerprint density at radius 3 is 2.50 bits per heavy atom. The highest BCUT2D eigenvalue weighted by Crippen LogP contribution is 2.32. The number of amides is 1. The van der Waals surface area contributed by atoms with E-state index in [4.69, 9.17) is 32.4 Å². The first-order valence-electron chi connectivity index (χ1n) is 8.61. The van der Waals surface area contributed by atoms with Gasteiger partial charge in [0.2, 0.25) is 0 Å². The van der Waals surface area contributed by atoms with Gasteiger partial charge in [-0.25, -0.2) is 4.79 Å². The quantitative estimate of drug-likeness (QED) is 0.493. The van der Waals surface area contributed by atoms with Gasteiger partial charge in [0, 0.05) is 16.3 Å². The van der Waals surface area contributed by atoms with Gasteiger partial charge in [-0.1, -0.05) is 30.1 Å². The Morgan fingerprint density at radius 2 is 1.79 bits per heavy atom. The van der Waals surface area contributed by atoms with Crippen LogP contribution < -0.4 is 5.32 Å². The SMILES string of the molecule is CCCOC(=O)c1ccc(NC(=O)c2ccc(-c3cc(Cl)ccc3Cl)o2)cc1. The summed E-state index contributed by atoms with van der Waals surface area (Å²) in [4.78, 5) is 24.2. The molecule has 3 aromatic rings. The molecule has 1 amide bonds. The number of carbonyl (C=O) groups excluding carboxylic acids is 2. The summed E-state index contributed by atoms with van der Waals surface area (Å²) >= 11 is 12.2. The lowest BCUT2D eigenvalue weighted by Gasteiger charge is -2.06. The average Bonchev–Trinajstić information content (AvgIpc) is 3.18. The van der Waals surface area contributed by atoms with Crippen molar-refractivity contribution >= 4 is 40.8 Å². The predicted octanol–water partition coefficient (Wildman–Crippen LogP) is 6.07. The molecule has 7 heteroatoms. The number of hydrogen-bond donors (Lipinski definition) is 1. The van der Waals surface area contributed by atoms with Gasteiger partial charge >= 0.3 is 5.97 Å². The molecule has 28 heavy (non-hydrogen) atoms. The van der Waals surface area contributed by atoms with Crippen LogP contribution in [0.15, 0.2) is 59.0 Å². The van der Waals surface area contributed by atoms with Gasteiger partial charge in [-0.15, -0.1) is 0 Å². The number of anilines is 1. The van der Waals surface area contributed by atoms with E-state index in [1.54, 1.807) is 54.6 Å². The van der Waals surface area contributed by atoms with E-state index in [2.05, 4.69) is 5.32 Å². The zero-order valence-corrected chi connectivity index (χ0v) is 16.5. The fourth-order valence-electron chi connectivity index (χ4n) is 2.45. The standard InChI is InChI=1S/C21H17Cl2NO4/c1-2-11-27-21(26)13-3-6-15(7-4-13)24-20(25)19-10-9-18(28-19)16-12-14(22)5-8-17(16)23/h3-10,12H,2,11H2,1H3,(H,24,25). The molecule has 0 aliphatic carbocycles. The number of nitrogens with one attached hydrogen (secondary N) is 1. The monoisotopic (exact) mass is 417 g/mol. The van der Waals surface area contributed by atoms with Gasteiger partial charge in [-0.05, 0) is 61.0 Å². The summed E-state index contributed by atoms with van der Waals surface area (Å²) < 4.78 is 10.7. The Labute approximate surface area is 172 Å². The largest absolute Gasteiger partial charge is 0.462 e. The first-order chi connectivity index (χ1) is 13.5. The molecule has 0 radical (unpaired) electrons. The number of ether oxygens (including phenoxy) is 1. The Morgan fingerprint density at radius 1 is 1.04 bits per heavy atom. The number of halogens is 2. The topological polar surface area (TPSA) is 68.5 Å². The molecule has 0 unspecified atom stereocenters. The number of benzene rings is 2. The van der Waals surface area contributed by atoms with E-state index in [0.717, 1.165) is 6.42 Å². The van der Waals surface area contributed by atoms with E-state index in [1.165, 1.54) is 0 Å². The van der Waals surface area contributed by atoms with E-state index in [0.29, 0.717) is 39.2 Å². The second-order valence-corrected chi connectivity index (χ2v) is 6.80. The predicted molar refractivity (Wildman–Crippen MR) is 109 cm³/mol. The minimum absolute atomic E-state index is 0.123. The van der Waals surface area contributed by atoms with Crippen LogP contribution in [0.4, 0.5) is 5.69 Å². The lowest BCUT2D eigenvalue weighted by molar-refractivity contribution is 0.0505. The molecule has 5 nitrogen and oxygen atoms in total. The summed E-state index contributed by atoms with van der Waals surface area (Å²) in [5, 5.41) is 3.70.